The van der Waals surface area contributed by atoms with E-state index >= 15 is 0 Å². The van der Waals surface area contributed by atoms with Gasteiger partial charge in [-0.1, -0.05) is 17.2 Å². The fraction of sp³-hybridized carbons (Fsp3) is 0.529. The molecule has 1 N–H and O–H groups in total. The summed E-state index contributed by atoms with van der Waals surface area (Å²) < 4.78 is 10.3. The molecule has 0 spiro atoms. The fourth-order valence-corrected chi connectivity index (χ4v) is 2.24. The number of amides is 2. The van der Waals surface area contributed by atoms with E-state index in [9.17, 15) is 9.59 Å². The van der Waals surface area contributed by atoms with Gasteiger partial charge in [-0.2, -0.15) is 0 Å². The van der Waals surface area contributed by atoms with E-state index in [1.165, 1.54) is 0 Å². The summed E-state index contributed by atoms with van der Waals surface area (Å²) in [4.78, 5) is 23.9. The van der Waals surface area contributed by atoms with Crippen LogP contribution in [0.3, 0.4) is 0 Å². The standard InChI is InChI=1S/C17H23N3O4/c1-17(2,3)24-16(22)20-19-14-7-5-4-6-13(14)18-15(21)12-8-10-23-11-9-12/h4-7,12H,8-11H2,1-3H3,(H,18,21). The maximum atomic E-state index is 12.3. The molecule has 1 aromatic carbocycles. The van der Waals surface area contributed by atoms with Crippen LogP contribution in [0.2, 0.25) is 0 Å². The predicted octanol–water partition coefficient (Wildman–Crippen LogP) is 4.07. The smallest absolute Gasteiger partial charge is 0.441 e. The molecule has 1 aliphatic rings. The average molecular weight is 333 g/mol. The molecule has 0 saturated carbocycles. The summed E-state index contributed by atoms with van der Waals surface area (Å²) in [5.41, 5.74) is 0.289. The monoisotopic (exact) mass is 333 g/mol. The van der Waals surface area contributed by atoms with Gasteiger partial charge in [0.25, 0.3) is 0 Å². The second-order valence-electron chi connectivity index (χ2n) is 6.57. The van der Waals surface area contributed by atoms with Crippen molar-refractivity contribution in [3.63, 3.8) is 0 Å². The summed E-state index contributed by atoms with van der Waals surface area (Å²) in [5.74, 6) is -0.146. The minimum atomic E-state index is -0.770. The molecule has 7 nitrogen and oxygen atoms in total. The SMILES string of the molecule is CC(C)(C)OC(=O)N=Nc1ccccc1NC(=O)C1CCOCC1. The molecule has 0 aliphatic carbocycles. The van der Waals surface area contributed by atoms with E-state index in [1.807, 2.05) is 0 Å². The highest BCUT2D eigenvalue weighted by Gasteiger charge is 2.22. The molecule has 24 heavy (non-hydrogen) atoms. The van der Waals surface area contributed by atoms with Gasteiger partial charge >= 0.3 is 6.09 Å². The average Bonchev–Trinajstić information content (AvgIpc) is 2.53. The highest BCUT2D eigenvalue weighted by atomic mass is 16.6. The lowest BCUT2D eigenvalue weighted by atomic mass is 9.99. The molecule has 0 bridgehead atoms. The number of anilines is 1. The van der Waals surface area contributed by atoms with Gasteiger partial charge in [0.05, 0.1) is 5.69 Å². The summed E-state index contributed by atoms with van der Waals surface area (Å²) in [6.45, 7) is 6.45. The molecule has 2 rings (SSSR count). The van der Waals surface area contributed by atoms with Gasteiger partial charge in [0, 0.05) is 19.1 Å². The number of hydrogen-bond acceptors (Lipinski definition) is 5. The maximum absolute atomic E-state index is 12.3. The van der Waals surface area contributed by atoms with Crippen molar-refractivity contribution in [3.8, 4) is 0 Å². The van der Waals surface area contributed by atoms with Crippen molar-refractivity contribution >= 4 is 23.4 Å². The molecular weight excluding hydrogens is 310 g/mol. The zero-order valence-electron chi connectivity index (χ0n) is 14.2. The number of carbonyl (C=O) groups is 2. The number of hydrogen-bond donors (Lipinski definition) is 1. The largest absolute Gasteiger partial charge is 0.452 e. The molecule has 1 aliphatic heterocycles. The number of nitrogens with one attached hydrogen (secondary N) is 1. The van der Waals surface area contributed by atoms with Crippen molar-refractivity contribution in [2.75, 3.05) is 18.5 Å². The van der Waals surface area contributed by atoms with Gasteiger partial charge in [0.15, 0.2) is 0 Å². The summed E-state index contributed by atoms with van der Waals surface area (Å²) in [5, 5.41) is 10.3. The van der Waals surface area contributed by atoms with Gasteiger partial charge in [0.2, 0.25) is 5.91 Å². The maximum Gasteiger partial charge on any atom is 0.452 e. The van der Waals surface area contributed by atoms with Crippen LogP contribution in [0, 0.1) is 5.92 Å². The number of rotatable bonds is 3. The number of carbonyl (C=O) groups excluding carboxylic acids is 2. The van der Waals surface area contributed by atoms with Crippen molar-refractivity contribution in [2.45, 2.75) is 39.2 Å². The van der Waals surface area contributed by atoms with Gasteiger partial charge in [0.1, 0.15) is 11.3 Å². The van der Waals surface area contributed by atoms with E-state index in [1.54, 1.807) is 45.0 Å². The zero-order chi connectivity index (χ0) is 17.6. The molecule has 0 unspecified atom stereocenters. The lowest BCUT2D eigenvalue weighted by Crippen LogP contribution is -2.28. The molecule has 2 amide bonds. The zero-order valence-corrected chi connectivity index (χ0v) is 14.2. The Morgan fingerprint density at radius 2 is 1.88 bits per heavy atom. The van der Waals surface area contributed by atoms with Gasteiger partial charge in [-0.25, -0.2) is 4.79 Å². The molecule has 1 heterocycles. The first-order valence-electron chi connectivity index (χ1n) is 7.97. The lowest BCUT2D eigenvalue weighted by Gasteiger charge is -2.21. The van der Waals surface area contributed by atoms with Crippen LogP contribution in [0.4, 0.5) is 16.2 Å². The Bertz CT molecular complexity index is 617. The van der Waals surface area contributed by atoms with Crippen molar-refractivity contribution in [3.05, 3.63) is 24.3 Å². The quantitative estimate of drug-likeness (QED) is 0.844. The van der Waals surface area contributed by atoms with Crippen LogP contribution in [-0.4, -0.2) is 30.8 Å². The van der Waals surface area contributed by atoms with E-state index in [0.717, 1.165) is 0 Å². The molecule has 7 heteroatoms. The van der Waals surface area contributed by atoms with Gasteiger partial charge in [-0.05, 0) is 45.7 Å². The van der Waals surface area contributed by atoms with Crippen LogP contribution < -0.4 is 5.32 Å². The highest BCUT2D eigenvalue weighted by Crippen LogP contribution is 2.26. The molecule has 0 radical (unpaired) electrons. The van der Waals surface area contributed by atoms with Crippen LogP contribution in [0.25, 0.3) is 0 Å². The second-order valence-corrected chi connectivity index (χ2v) is 6.57. The van der Waals surface area contributed by atoms with E-state index < -0.39 is 11.7 Å². The highest BCUT2D eigenvalue weighted by molar-refractivity contribution is 5.95. The normalized spacial score (nSPS) is 16.1. The van der Waals surface area contributed by atoms with Crippen molar-refractivity contribution < 1.29 is 19.1 Å². The minimum Gasteiger partial charge on any atom is -0.441 e. The topological polar surface area (TPSA) is 89.4 Å². The first-order valence-corrected chi connectivity index (χ1v) is 7.97. The Kier molecular flexibility index (Phi) is 6.03. The number of nitrogens with zero attached hydrogens (tertiary/aromatic N) is 2. The van der Waals surface area contributed by atoms with Crippen LogP contribution in [0.15, 0.2) is 34.5 Å². The predicted molar refractivity (Wildman–Crippen MR) is 89.4 cm³/mol. The molecule has 130 valence electrons. The Morgan fingerprint density at radius 3 is 2.54 bits per heavy atom. The molecule has 0 atom stereocenters. The first-order chi connectivity index (χ1) is 11.3. The third kappa shape index (κ3) is 5.73. The molecule has 1 saturated heterocycles. The van der Waals surface area contributed by atoms with Crippen LogP contribution in [0.5, 0.6) is 0 Å². The van der Waals surface area contributed by atoms with Crippen LogP contribution in [-0.2, 0) is 14.3 Å². The summed E-state index contributed by atoms with van der Waals surface area (Å²) >= 11 is 0. The molecule has 1 aromatic rings. The van der Waals surface area contributed by atoms with Gasteiger partial charge in [-0.15, -0.1) is 5.11 Å². The van der Waals surface area contributed by atoms with Gasteiger partial charge in [-0.3, -0.25) is 4.79 Å². The van der Waals surface area contributed by atoms with Gasteiger partial charge < -0.3 is 14.8 Å². The van der Waals surface area contributed by atoms with Crippen LogP contribution in [0.1, 0.15) is 33.6 Å². The number of benzene rings is 1. The van der Waals surface area contributed by atoms with Crippen molar-refractivity contribution in [1.82, 2.24) is 0 Å². The lowest BCUT2D eigenvalue weighted by molar-refractivity contribution is -0.122. The molecular formula is C17H23N3O4. The number of ether oxygens (including phenoxy) is 2. The fourth-order valence-electron chi connectivity index (χ4n) is 2.24. The molecule has 0 aromatic heterocycles. The number of para-hydroxylation sites is 1. The molecule has 1 fully saturated rings. The summed E-state index contributed by atoms with van der Waals surface area (Å²) in [6, 6.07) is 6.94. The van der Waals surface area contributed by atoms with Crippen molar-refractivity contribution in [2.24, 2.45) is 16.1 Å². The third-order valence-corrected chi connectivity index (χ3v) is 3.39. The minimum absolute atomic E-state index is 0.0711. The van der Waals surface area contributed by atoms with Crippen LogP contribution >= 0.6 is 0 Å². The second kappa shape index (κ2) is 8.01. The first kappa shape index (κ1) is 18.1. The van der Waals surface area contributed by atoms with E-state index in [2.05, 4.69) is 15.5 Å². The van der Waals surface area contributed by atoms with E-state index in [4.69, 9.17) is 9.47 Å². The summed E-state index contributed by atoms with van der Waals surface area (Å²) in [6.07, 6.45) is 0.633. The Labute approximate surface area is 141 Å². The third-order valence-electron chi connectivity index (χ3n) is 3.39. The number of azo groups is 1. The Hall–Kier alpha value is -2.28. The van der Waals surface area contributed by atoms with E-state index in [0.29, 0.717) is 37.4 Å². The Morgan fingerprint density at radius 1 is 1.21 bits per heavy atom. The van der Waals surface area contributed by atoms with E-state index in [-0.39, 0.29) is 11.8 Å². The Balaban J connectivity index is 2.04. The van der Waals surface area contributed by atoms with Crippen molar-refractivity contribution in [1.29, 1.82) is 0 Å². The summed E-state index contributed by atoms with van der Waals surface area (Å²) in [7, 11) is 0.